The zero-order valence-electron chi connectivity index (χ0n) is 9.41. The summed E-state index contributed by atoms with van der Waals surface area (Å²) < 4.78 is 6.39. The van der Waals surface area contributed by atoms with Crippen LogP contribution < -0.4 is 5.32 Å². The molecule has 0 bridgehead atoms. The van der Waals surface area contributed by atoms with Crippen LogP contribution in [-0.2, 0) is 6.54 Å². The number of nitrogens with one attached hydrogen (secondary N) is 1. The van der Waals surface area contributed by atoms with Crippen LogP contribution in [0.3, 0.4) is 0 Å². The fraction of sp³-hybridized carbons (Fsp3) is 0.231. The van der Waals surface area contributed by atoms with Crippen molar-refractivity contribution in [2.75, 3.05) is 0 Å². The van der Waals surface area contributed by atoms with Gasteiger partial charge >= 0.3 is 0 Å². The molecule has 1 aromatic heterocycles. The lowest BCUT2D eigenvalue weighted by Crippen LogP contribution is -2.17. The smallest absolute Gasteiger partial charge is 0.120 e. The first kappa shape index (κ1) is 12.7. The van der Waals surface area contributed by atoms with Gasteiger partial charge in [-0.3, -0.25) is 0 Å². The third kappa shape index (κ3) is 3.35. The third-order valence-electron chi connectivity index (χ3n) is 2.58. The van der Waals surface area contributed by atoms with E-state index in [1.54, 1.807) is 6.26 Å². The Bertz CT molecular complexity index is 484. The highest BCUT2D eigenvalue weighted by Crippen LogP contribution is 2.22. The molecule has 0 unspecified atom stereocenters. The van der Waals surface area contributed by atoms with Crippen molar-refractivity contribution in [3.8, 4) is 0 Å². The van der Waals surface area contributed by atoms with E-state index in [2.05, 4.69) is 28.2 Å². The minimum Gasteiger partial charge on any atom is -0.468 e. The SMILES string of the molecule is C[C@H](NCc1cc(Cl)ccc1Br)c1ccco1. The molecule has 0 amide bonds. The summed E-state index contributed by atoms with van der Waals surface area (Å²) in [5, 5.41) is 4.13. The molecule has 2 rings (SSSR count). The molecule has 1 atom stereocenters. The highest BCUT2D eigenvalue weighted by atomic mass is 79.9. The molecule has 90 valence electrons. The Morgan fingerprint density at radius 2 is 2.24 bits per heavy atom. The van der Waals surface area contributed by atoms with Gasteiger partial charge in [0.2, 0.25) is 0 Å². The molecular formula is C13H13BrClNO. The highest BCUT2D eigenvalue weighted by Gasteiger charge is 2.08. The number of rotatable bonds is 4. The maximum Gasteiger partial charge on any atom is 0.120 e. The first-order valence-electron chi connectivity index (χ1n) is 5.37. The van der Waals surface area contributed by atoms with Gasteiger partial charge in [-0.1, -0.05) is 27.5 Å². The van der Waals surface area contributed by atoms with E-state index in [1.165, 1.54) is 0 Å². The summed E-state index contributed by atoms with van der Waals surface area (Å²) in [6, 6.07) is 9.80. The van der Waals surface area contributed by atoms with E-state index in [1.807, 2.05) is 30.3 Å². The molecular weight excluding hydrogens is 302 g/mol. The average molecular weight is 315 g/mol. The van der Waals surface area contributed by atoms with Gasteiger partial charge in [0, 0.05) is 16.0 Å². The first-order valence-corrected chi connectivity index (χ1v) is 6.54. The molecule has 4 heteroatoms. The van der Waals surface area contributed by atoms with Crippen molar-refractivity contribution >= 4 is 27.5 Å². The zero-order valence-corrected chi connectivity index (χ0v) is 11.8. The Labute approximate surface area is 114 Å². The Kier molecular flexibility index (Phi) is 4.26. The average Bonchev–Trinajstić information content (AvgIpc) is 2.83. The number of hydrogen-bond donors (Lipinski definition) is 1. The van der Waals surface area contributed by atoms with E-state index in [9.17, 15) is 0 Å². The van der Waals surface area contributed by atoms with Crippen molar-refractivity contribution < 1.29 is 4.42 Å². The lowest BCUT2D eigenvalue weighted by Gasteiger charge is -2.12. The largest absolute Gasteiger partial charge is 0.468 e. The Morgan fingerprint density at radius 1 is 1.41 bits per heavy atom. The zero-order chi connectivity index (χ0) is 12.3. The molecule has 1 N–H and O–H groups in total. The van der Waals surface area contributed by atoms with Crippen molar-refractivity contribution in [2.24, 2.45) is 0 Å². The van der Waals surface area contributed by atoms with Crippen LogP contribution in [0.25, 0.3) is 0 Å². The van der Waals surface area contributed by atoms with Gasteiger partial charge in [-0.2, -0.15) is 0 Å². The van der Waals surface area contributed by atoms with Crippen LogP contribution in [-0.4, -0.2) is 0 Å². The van der Waals surface area contributed by atoms with Crippen LogP contribution in [0, 0.1) is 0 Å². The van der Waals surface area contributed by atoms with Crippen molar-refractivity contribution in [3.05, 3.63) is 57.4 Å². The molecule has 0 saturated carbocycles. The second-order valence-electron chi connectivity index (χ2n) is 3.85. The highest BCUT2D eigenvalue weighted by molar-refractivity contribution is 9.10. The van der Waals surface area contributed by atoms with Gasteiger partial charge in [-0.15, -0.1) is 0 Å². The summed E-state index contributed by atoms with van der Waals surface area (Å²) in [4.78, 5) is 0. The monoisotopic (exact) mass is 313 g/mol. The van der Waals surface area contributed by atoms with E-state index in [4.69, 9.17) is 16.0 Å². The minimum atomic E-state index is 0.177. The molecule has 0 spiro atoms. The second kappa shape index (κ2) is 5.71. The van der Waals surface area contributed by atoms with Gasteiger partial charge in [0.25, 0.3) is 0 Å². The van der Waals surface area contributed by atoms with Crippen LogP contribution in [0.15, 0.2) is 45.5 Å². The predicted octanol–water partition coefficient (Wildman–Crippen LogP) is 4.55. The first-order chi connectivity index (χ1) is 8.16. The predicted molar refractivity (Wildman–Crippen MR) is 73.1 cm³/mol. The minimum absolute atomic E-state index is 0.177. The van der Waals surface area contributed by atoms with E-state index >= 15 is 0 Å². The molecule has 0 radical (unpaired) electrons. The lowest BCUT2D eigenvalue weighted by atomic mass is 10.2. The van der Waals surface area contributed by atoms with Crippen molar-refractivity contribution in [1.29, 1.82) is 0 Å². The molecule has 0 aliphatic carbocycles. The summed E-state index contributed by atoms with van der Waals surface area (Å²) in [6.07, 6.45) is 1.68. The Hall–Kier alpha value is -0.770. The maximum atomic E-state index is 5.96. The number of halogens is 2. The molecule has 0 aliphatic heterocycles. The summed E-state index contributed by atoms with van der Waals surface area (Å²) in [5.41, 5.74) is 1.14. The van der Waals surface area contributed by atoms with Crippen LogP contribution in [0.4, 0.5) is 0 Å². The topological polar surface area (TPSA) is 25.2 Å². The van der Waals surface area contributed by atoms with Gasteiger partial charge < -0.3 is 9.73 Å². The molecule has 1 aromatic carbocycles. The normalized spacial score (nSPS) is 12.6. The molecule has 17 heavy (non-hydrogen) atoms. The molecule has 1 heterocycles. The molecule has 0 aliphatic rings. The summed E-state index contributed by atoms with van der Waals surface area (Å²) in [5.74, 6) is 0.933. The lowest BCUT2D eigenvalue weighted by molar-refractivity contribution is 0.430. The molecule has 0 fully saturated rings. The molecule has 2 aromatic rings. The standard InChI is InChI=1S/C13H13BrClNO/c1-9(13-3-2-6-17-13)16-8-10-7-11(15)4-5-12(10)14/h2-7,9,16H,8H2,1H3/t9-/m0/s1. The van der Waals surface area contributed by atoms with Crippen LogP contribution >= 0.6 is 27.5 Å². The Balaban J connectivity index is 2.00. The number of benzene rings is 1. The summed E-state index contributed by atoms with van der Waals surface area (Å²) in [6.45, 7) is 2.81. The van der Waals surface area contributed by atoms with Crippen LogP contribution in [0.1, 0.15) is 24.3 Å². The number of furan rings is 1. The summed E-state index contributed by atoms with van der Waals surface area (Å²) >= 11 is 9.47. The maximum absolute atomic E-state index is 5.96. The fourth-order valence-electron chi connectivity index (χ4n) is 1.58. The van der Waals surface area contributed by atoms with Crippen LogP contribution in [0.2, 0.25) is 5.02 Å². The fourth-order valence-corrected chi connectivity index (χ4v) is 2.16. The third-order valence-corrected chi connectivity index (χ3v) is 3.59. The van der Waals surface area contributed by atoms with E-state index in [-0.39, 0.29) is 6.04 Å². The van der Waals surface area contributed by atoms with E-state index in [0.29, 0.717) is 0 Å². The molecule has 2 nitrogen and oxygen atoms in total. The van der Waals surface area contributed by atoms with Gasteiger partial charge in [0.1, 0.15) is 5.76 Å². The van der Waals surface area contributed by atoms with Gasteiger partial charge in [-0.05, 0) is 42.8 Å². The quantitative estimate of drug-likeness (QED) is 0.896. The molecule has 0 saturated heterocycles. The van der Waals surface area contributed by atoms with E-state index < -0.39 is 0 Å². The van der Waals surface area contributed by atoms with Crippen LogP contribution in [0.5, 0.6) is 0 Å². The summed E-state index contributed by atoms with van der Waals surface area (Å²) in [7, 11) is 0. The number of hydrogen-bond acceptors (Lipinski definition) is 2. The van der Waals surface area contributed by atoms with Crippen molar-refractivity contribution in [3.63, 3.8) is 0 Å². The van der Waals surface area contributed by atoms with Gasteiger partial charge in [0.15, 0.2) is 0 Å². The van der Waals surface area contributed by atoms with Crippen molar-refractivity contribution in [1.82, 2.24) is 5.32 Å². The van der Waals surface area contributed by atoms with Gasteiger partial charge in [0.05, 0.1) is 12.3 Å². The van der Waals surface area contributed by atoms with Gasteiger partial charge in [-0.25, -0.2) is 0 Å². The van der Waals surface area contributed by atoms with E-state index in [0.717, 1.165) is 27.4 Å². The van der Waals surface area contributed by atoms with Crippen molar-refractivity contribution in [2.45, 2.75) is 19.5 Å². The Morgan fingerprint density at radius 3 is 2.94 bits per heavy atom. The second-order valence-corrected chi connectivity index (χ2v) is 5.14.